The van der Waals surface area contributed by atoms with E-state index in [1.54, 1.807) is 0 Å². The summed E-state index contributed by atoms with van der Waals surface area (Å²) < 4.78 is 17.1. The van der Waals surface area contributed by atoms with Crippen LogP contribution in [0.4, 0.5) is 0 Å². The van der Waals surface area contributed by atoms with Gasteiger partial charge in [-0.2, -0.15) is 0 Å². The van der Waals surface area contributed by atoms with E-state index in [0.717, 1.165) is 32.8 Å². The van der Waals surface area contributed by atoms with E-state index in [9.17, 15) is 0 Å². The van der Waals surface area contributed by atoms with E-state index in [0.29, 0.717) is 6.61 Å². The molecule has 3 saturated heterocycles. The van der Waals surface area contributed by atoms with Gasteiger partial charge in [-0.05, 0) is 0 Å². The van der Waals surface area contributed by atoms with Crippen molar-refractivity contribution in [1.82, 2.24) is 16.0 Å². The molecule has 3 fully saturated rings. The maximum absolute atomic E-state index is 5.82. The zero-order valence-corrected chi connectivity index (χ0v) is 8.62. The van der Waals surface area contributed by atoms with Gasteiger partial charge in [0.25, 0.3) is 0 Å². The van der Waals surface area contributed by atoms with E-state index in [-0.39, 0.29) is 12.5 Å². The van der Waals surface area contributed by atoms with E-state index in [4.69, 9.17) is 14.2 Å². The van der Waals surface area contributed by atoms with Crippen LogP contribution in [0.1, 0.15) is 0 Å². The highest BCUT2D eigenvalue weighted by Gasteiger charge is 2.53. The Hall–Kier alpha value is -0.240. The minimum absolute atomic E-state index is 0.129. The zero-order valence-electron chi connectivity index (χ0n) is 8.62. The molecule has 86 valence electrons. The maximum atomic E-state index is 5.82. The summed E-state index contributed by atoms with van der Waals surface area (Å²) in [6.45, 7) is 4.72. The number of ether oxygens (including phenoxy) is 3. The first kappa shape index (κ1) is 9.95. The molecule has 0 radical (unpaired) electrons. The Morgan fingerprint density at radius 1 is 0.867 bits per heavy atom. The van der Waals surface area contributed by atoms with E-state index in [2.05, 4.69) is 16.0 Å². The summed E-state index contributed by atoms with van der Waals surface area (Å²) in [6, 6.07) is 0. The molecule has 3 rings (SSSR count). The molecule has 6 nitrogen and oxygen atoms in total. The lowest BCUT2D eigenvalue weighted by molar-refractivity contribution is -0.184. The van der Waals surface area contributed by atoms with Crippen molar-refractivity contribution in [1.29, 1.82) is 0 Å². The molecule has 3 N–H and O–H groups in total. The molecule has 3 aliphatic rings. The summed E-state index contributed by atoms with van der Waals surface area (Å²) in [6.07, 6.45) is -0.258. The molecule has 0 aliphatic carbocycles. The van der Waals surface area contributed by atoms with Gasteiger partial charge >= 0.3 is 0 Å². The zero-order chi connectivity index (χ0) is 10.1. The first-order chi connectivity index (χ1) is 7.42. The van der Waals surface area contributed by atoms with E-state index in [1.165, 1.54) is 0 Å². The normalized spacial score (nSPS) is 46.4. The SMILES string of the molecule is C1COC(C2(C3NCCO3)NCCO2)N1. The first-order valence-electron chi connectivity index (χ1n) is 5.51. The Balaban J connectivity index is 1.80. The van der Waals surface area contributed by atoms with Gasteiger partial charge in [0.2, 0.25) is 0 Å². The molecular formula is C9H17N3O3. The molecule has 0 spiro atoms. The molecule has 0 amide bonds. The Morgan fingerprint density at radius 3 is 1.93 bits per heavy atom. The summed E-state index contributed by atoms with van der Waals surface area (Å²) >= 11 is 0. The highest BCUT2D eigenvalue weighted by molar-refractivity contribution is 4.98. The van der Waals surface area contributed by atoms with Gasteiger partial charge in [0.05, 0.1) is 19.8 Å². The molecule has 0 aromatic rings. The highest BCUT2D eigenvalue weighted by atomic mass is 16.6. The van der Waals surface area contributed by atoms with Crippen LogP contribution in [0.5, 0.6) is 0 Å². The van der Waals surface area contributed by atoms with Gasteiger partial charge in [-0.3, -0.25) is 16.0 Å². The van der Waals surface area contributed by atoms with Gasteiger partial charge in [0.15, 0.2) is 18.2 Å². The van der Waals surface area contributed by atoms with Crippen LogP contribution in [-0.2, 0) is 14.2 Å². The lowest BCUT2D eigenvalue weighted by Crippen LogP contribution is -2.66. The third kappa shape index (κ3) is 1.57. The molecule has 0 saturated carbocycles. The third-order valence-electron chi connectivity index (χ3n) is 3.06. The van der Waals surface area contributed by atoms with Gasteiger partial charge in [0.1, 0.15) is 0 Å². The Bertz CT molecular complexity index is 203. The smallest absolute Gasteiger partial charge is 0.199 e. The molecule has 6 heteroatoms. The predicted molar refractivity (Wildman–Crippen MR) is 52.2 cm³/mol. The molecule has 15 heavy (non-hydrogen) atoms. The molecule has 0 aromatic heterocycles. The van der Waals surface area contributed by atoms with Gasteiger partial charge in [0, 0.05) is 19.6 Å². The van der Waals surface area contributed by atoms with Crippen LogP contribution >= 0.6 is 0 Å². The number of hydrogen-bond acceptors (Lipinski definition) is 6. The average molecular weight is 215 g/mol. The van der Waals surface area contributed by atoms with Gasteiger partial charge in [-0.1, -0.05) is 0 Å². The van der Waals surface area contributed by atoms with Crippen LogP contribution in [0.3, 0.4) is 0 Å². The van der Waals surface area contributed by atoms with Crippen molar-refractivity contribution < 1.29 is 14.2 Å². The van der Waals surface area contributed by atoms with Crippen molar-refractivity contribution in [3.05, 3.63) is 0 Å². The second kappa shape index (κ2) is 3.97. The van der Waals surface area contributed by atoms with Crippen molar-refractivity contribution in [2.75, 3.05) is 39.5 Å². The Morgan fingerprint density at radius 2 is 1.53 bits per heavy atom. The van der Waals surface area contributed by atoms with Crippen molar-refractivity contribution in [3.8, 4) is 0 Å². The second-order valence-corrected chi connectivity index (χ2v) is 3.98. The molecule has 2 unspecified atom stereocenters. The topological polar surface area (TPSA) is 63.8 Å². The molecular weight excluding hydrogens is 198 g/mol. The fraction of sp³-hybridized carbons (Fsp3) is 1.00. The molecule has 3 aliphatic heterocycles. The number of rotatable bonds is 2. The summed E-state index contributed by atoms with van der Waals surface area (Å²) in [4.78, 5) is 0. The first-order valence-corrected chi connectivity index (χ1v) is 5.51. The van der Waals surface area contributed by atoms with E-state index < -0.39 is 5.72 Å². The molecule has 2 atom stereocenters. The lowest BCUT2D eigenvalue weighted by atomic mass is 10.1. The minimum Gasteiger partial charge on any atom is -0.357 e. The average Bonchev–Trinajstić information content (AvgIpc) is 3.02. The van der Waals surface area contributed by atoms with Crippen LogP contribution in [0.15, 0.2) is 0 Å². The minimum atomic E-state index is -0.562. The Kier molecular flexibility index (Phi) is 2.63. The number of nitrogens with one attached hydrogen (secondary N) is 3. The van der Waals surface area contributed by atoms with E-state index in [1.807, 2.05) is 0 Å². The molecule has 0 aromatic carbocycles. The molecule has 3 heterocycles. The van der Waals surface area contributed by atoms with Crippen molar-refractivity contribution >= 4 is 0 Å². The van der Waals surface area contributed by atoms with Gasteiger partial charge in [-0.15, -0.1) is 0 Å². The van der Waals surface area contributed by atoms with Crippen LogP contribution < -0.4 is 16.0 Å². The summed E-state index contributed by atoms with van der Waals surface area (Å²) in [5.41, 5.74) is -0.562. The van der Waals surface area contributed by atoms with E-state index >= 15 is 0 Å². The molecule has 0 bridgehead atoms. The summed E-state index contributed by atoms with van der Waals surface area (Å²) in [7, 11) is 0. The second-order valence-electron chi connectivity index (χ2n) is 3.98. The van der Waals surface area contributed by atoms with Gasteiger partial charge < -0.3 is 14.2 Å². The lowest BCUT2D eigenvalue weighted by Gasteiger charge is -2.37. The van der Waals surface area contributed by atoms with Crippen LogP contribution in [0.25, 0.3) is 0 Å². The Labute approximate surface area is 88.6 Å². The monoisotopic (exact) mass is 215 g/mol. The van der Waals surface area contributed by atoms with Crippen LogP contribution in [0.2, 0.25) is 0 Å². The highest BCUT2D eigenvalue weighted by Crippen LogP contribution is 2.26. The van der Waals surface area contributed by atoms with Crippen LogP contribution in [0, 0.1) is 0 Å². The fourth-order valence-electron chi connectivity index (χ4n) is 2.39. The van der Waals surface area contributed by atoms with Gasteiger partial charge in [-0.25, -0.2) is 0 Å². The maximum Gasteiger partial charge on any atom is 0.199 e. The van der Waals surface area contributed by atoms with Crippen LogP contribution in [-0.4, -0.2) is 57.6 Å². The quantitative estimate of drug-likeness (QED) is 0.505. The number of hydrogen-bond donors (Lipinski definition) is 3. The van der Waals surface area contributed by atoms with Crippen molar-refractivity contribution in [3.63, 3.8) is 0 Å². The predicted octanol–water partition coefficient (Wildman–Crippen LogP) is -1.81. The fourth-order valence-corrected chi connectivity index (χ4v) is 2.39. The summed E-state index contributed by atoms with van der Waals surface area (Å²) in [5.74, 6) is 0. The standard InChI is InChI=1S/C9H17N3O3/c1-4-13-7(10-1)9(12-3-6-15-9)8-11-2-5-14-8/h7-8,10-12H,1-6H2. The summed E-state index contributed by atoms with van der Waals surface area (Å²) in [5, 5.41) is 9.93. The largest absolute Gasteiger partial charge is 0.357 e. The van der Waals surface area contributed by atoms with Crippen molar-refractivity contribution in [2.45, 2.75) is 18.2 Å². The van der Waals surface area contributed by atoms with Crippen molar-refractivity contribution in [2.24, 2.45) is 0 Å². The third-order valence-corrected chi connectivity index (χ3v) is 3.06.